The van der Waals surface area contributed by atoms with Gasteiger partial charge in [-0.25, -0.2) is 0 Å². The van der Waals surface area contributed by atoms with Crippen LogP contribution in [0.2, 0.25) is 0 Å². The second-order valence-corrected chi connectivity index (χ2v) is 6.79. The minimum Gasteiger partial charge on any atom is -0.481 e. The Morgan fingerprint density at radius 3 is 2.38 bits per heavy atom. The van der Waals surface area contributed by atoms with Gasteiger partial charge in [-0.1, -0.05) is 24.3 Å². The predicted octanol–water partition coefficient (Wildman–Crippen LogP) is 4.62. The zero-order valence-corrected chi connectivity index (χ0v) is 14.8. The molecule has 0 atom stereocenters. The molecule has 1 aliphatic carbocycles. The summed E-state index contributed by atoms with van der Waals surface area (Å²) >= 11 is 0. The number of hydrogen-bond donors (Lipinski definition) is 2. The molecule has 2 aromatic rings. The summed E-state index contributed by atoms with van der Waals surface area (Å²) in [6.45, 7) is 1.99. The Labute approximate surface area is 153 Å². The average molecular weight is 353 g/mol. The van der Waals surface area contributed by atoms with Crippen LogP contribution in [0.25, 0.3) is 0 Å². The monoisotopic (exact) mass is 353 g/mol. The first-order valence-electron chi connectivity index (χ1n) is 8.90. The van der Waals surface area contributed by atoms with Crippen LogP contribution in [0, 0.1) is 18.8 Å². The van der Waals surface area contributed by atoms with E-state index in [0.29, 0.717) is 42.9 Å². The lowest BCUT2D eigenvalue weighted by Crippen LogP contribution is -2.29. The molecule has 136 valence electrons. The Hall–Kier alpha value is -2.82. The molecule has 0 bridgehead atoms. The molecule has 26 heavy (non-hydrogen) atoms. The van der Waals surface area contributed by atoms with Crippen LogP contribution < -0.4 is 10.1 Å². The van der Waals surface area contributed by atoms with E-state index >= 15 is 0 Å². The number of rotatable bonds is 5. The standard InChI is InChI=1S/C21H23NO4/c1-14-5-4-6-17(13-14)26-19-8-3-2-7-18(19)22-20(23)15-9-11-16(12-10-15)21(24)25/h2-8,13,15-16H,9-12H2,1H3,(H,22,23)(H,24,25). The van der Waals surface area contributed by atoms with E-state index in [-0.39, 0.29) is 17.7 Å². The van der Waals surface area contributed by atoms with Crippen LogP contribution in [0.4, 0.5) is 5.69 Å². The van der Waals surface area contributed by atoms with Gasteiger partial charge in [0.25, 0.3) is 0 Å². The second-order valence-electron chi connectivity index (χ2n) is 6.79. The highest BCUT2D eigenvalue weighted by molar-refractivity contribution is 5.94. The summed E-state index contributed by atoms with van der Waals surface area (Å²) in [4.78, 5) is 23.6. The number of carboxylic acid groups (broad SMARTS) is 1. The summed E-state index contributed by atoms with van der Waals surface area (Å²) in [5.41, 5.74) is 1.72. The number of amides is 1. The molecule has 5 nitrogen and oxygen atoms in total. The highest BCUT2D eigenvalue weighted by Crippen LogP contribution is 2.33. The zero-order valence-electron chi connectivity index (χ0n) is 14.8. The van der Waals surface area contributed by atoms with Crippen molar-refractivity contribution in [3.05, 3.63) is 54.1 Å². The van der Waals surface area contributed by atoms with E-state index in [2.05, 4.69) is 5.32 Å². The first kappa shape index (κ1) is 18.0. The van der Waals surface area contributed by atoms with E-state index in [9.17, 15) is 9.59 Å². The van der Waals surface area contributed by atoms with Gasteiger partial charge in [0.05, 0.1) is 11.6 Å². The van der Waals surface area contributed by atoms with Crippen molar-refractivity contribution in [3.63, 3.8) is 0 Å². The SMILES string of the molecule is Cc1cccc(Oc2ccccc2NC(=O)C2CCC(C(=O)O)CC2)c1. The topological polar surface area (TPSA) is 75.6 Å². The molecule has 1 saturated carbocycles. The molecule has 3 rings (SSSR count). The third kappa shape index (κ3) is 4.42. The van der Waals surface area contributed by atoms with Crippen molar-refractivity contribution < 1.29 is 19.4 Å². The first-order chi connectivity index (χ1) is 12.5. The van der Waals surface area contributed by atoms with Gasteiger partial charge in [-0.15, -0.1) is 0 Å². The molecule has 0 aromatic heterocycles. The number of nitrogens with one attached hydrogen (secondary N) is 1. The van der Waals surface area contributed by atoms with Crippen LogP contribution in [0.15, 0.2) is 48.5 Å². The first-order valence-corrected chi connectivity index (χ1v) is 8.90. The number of carbonyl (C=O) groups excluding carboxylic acids is 1. The number of anilines is 1. The molecule has 2 N–H and O–H groups in total. The van der Waals surface area contributed by atoms with Crippen molar-refractivity contribution in [3.8, 4) is 11.5 Å². The molecule has 0 spiro atoms. The number of carbonyl (C=O) groups is 2. The van der Waals surface area contributed by atoms with Gasteiger partial charge in [0, 0.05) is 5.92 Å². The Morgan fingerprint density at radius 1 is 1.00 bits per heavy atom. The van der Waals surface area contributed by atoms with Crippen LogP contribution in [0.5, 0.6) is 11.5 Å². The lowest BCUT2D eigenvalue weighted by atomic mass is 9.81. The zero-order chi connectivity index (χ0) is 18.5. The number of aryl methyl sites for hydroxylation is 1. The number of ether oxygens (including phenoxy) is 1. The smallest absolute Gasteiger partial charge is 0.306 e. The maximum absolute atomic E-state index is 12.6. The van der Waals surface area contributed by atoms with Gasteiger partial charge in [0.1, 0.15) is 5.75 Å². The predicted molar refractivity (Wildman–Crippen MR) is 99.4 cm³/mol. The lowest BCUT2D eigenvalue weighted by Gasteiger charge is -2.25. The van der Waals surface area contributed by atoms with Crippen molar-refractivity contribution in [1.82, 2.24) is 0 Å². The van der Waals surface area contributed by atoms with Crippen LogP contribution in [-0.4, -0.2) is 17.0 Å². The molecular weight excluding hydrogens is 330 g/mol. The maximum atomic E-state index is 12.6. The number of aliphatic carboxylic acids is 1. The second kappa shape index (κ2) is 8.04. The molecule has 0 aliphatic heterocycles. The summed E-state index contributed by atoms with van der Waals surface area (Å²) < 4.78 is 5.93. The molecule has 1 fully saturated rings. The fourth-order valence-electron chi connectivity index (χ4n) is 3.30. The number of benzene rings is 2. The fraction of sp³-hybridized carbons (Fsp3) is 0.333. The summed E-state index contributed by atoms with van der Waals surface area (Å²) in [6.07, 6.45) is 2.30. The van der Waals surface area contributed by atoms with Crippen molar-refractivity contribution in [2.75, 3.05) is 5.32 Å². The van der Waals surface area contributed by atoms with Gasteiger partial charge >= 0.3 is 5.97 Å². The van der Waals surface area contributed by atoms with E-state index in [1.807, 2.05) is 55.5 Å². The molecule has 5 heteroatoms. The Kier molecular flexibility index (Phi) is 5.56. The molecule has 0 radical (unpaired) electrons. The molecule has 1 amide bonds. The molecule has 2 aromatic carbocycles. The highest BCUT2D eigenvalue weighted by atomic mass is 16.5. The van der Waals surface area contributed by atoms with E-state index in [1.54, 1.807) is 0 Å². The van der Waals surface area contributed by atoms with E-state index in [0.717, 1.165) is 5.56 Å². The van der Waals surface area contributed by atoms with E-state index in [1.165, 1.54) is 0 Å². The molecule has 0 unspecified atom stereocenters. The van der Waals surface area contributed by atoms with Gasteiger partial charge in [-0.05, 0) is 62.4 Å². The van der Waals surface area contributed by atoms with E-state index < -0.39 is 5.97 Å². The fourth-order valence-corrected chi connectivity index (χ4v) is 3.30. The van der Waals surface area contributed by atoms with Crippen molar-refractivity contribution in [2.45, 2.75) is 32.6 Å². The van der Waals surface area contributed by atoms with Gasteiger partial charge in [-0.3, -0.25) is 9.59 Å². The third-order valence-electron chi connectivity index (χ3n) is 4.81. The van der Waals surface area contributed by atoms with Crippen molar-refractivity contribution in [2.24, 2.45) is 11.8 Å². The third-order valence-corrected chi connectivity index (χ3v) is 4.81. The Bertz CT molecular complexity index is 794. The summed E-state index contributed by atoms with van der Waals surface area (Å²) in [7, 11) is 0. The van der Waals surface area contributed by atoms with E-state index in [4.69, 9.17) is 9.84 Å². The Balaban J connectivity index is 1.66. The molecular formula is C21H23NO4. The quantitative estimate of drug-likeness (QED) is 0.822. The summed E-state index contributed by atoms with van der Waals surface area (Å²) in [5.74, 6) is -0.0113. The van der Waals surface area contributed by atoms with Crippen LogP contribution in [0.1, 0.15) is 31.2 Å². The maximum Gasteiger partial charge on any atom is 0.306 e. The molecule has 0 saturated heterocycles. The average Bonchev–Trinajstić information content (AvgIpc) is 2.63. The molecule has 1 aliphatic rings. The van der Waals surface area contributed by atoms with Gasteiger partial charge < -0.3 is 15.2 Å². The van der Waals surface area contributed by atoms with Crippen LogP contribution >= 0.6 is 0 Å². The van der Waals surface area contributed by atoms with Crippen LogP contribution in [0.3, 0.4) is 0 Å². The number of para-hydroxylation sites is 2. The van der Waals surface area contributed by atoms with Gasteiger partial charge in [0.15, 0.2) is 5.75 Å². The lowest BCUT2D eigenvalue weighted by molar-refractivity contribution is -0.143. The summed E-state index contributed by atoms with van der Waals surface area (Å²) in [5, 5.41) is 12.0. The normalized spacial score (nSPS) is 19.6. The number of carboxylic acids is 1. The van der Waals surface area contributed by atoms with Gasteiger partial charge in [0.2, 0.25) is 5.91 Å². The molecule has 0 heterocycles. The largest absolute Gasteiger partial charge is 0.481 e. The van der Waals surface area contributed by atoms with Crippen LogP contribution in [-0.2, 0) is 9.59 Å². The minimum absolute atomic E-state index is 0.0749. The number of hydrogen-bond acceptors (Lipinski definition) is 3. The van der Waals surface area contributed by atoms with Crippen molar-refractivity contribution >= 4 is 17.6 Å². The highest BCUT2D eigenvalue weighted by Gasteiger charge is 2.30. The van der Waals surface area contributed by atoms with Gasteiger partial charge in [-0.2, -0.15) is 0 Å². The van der Waals surface area contributed by atoms with Crippen molar-refractivity contribution in [1.29, 1.82) is 0 Å². The summed E-state index contributed by atoms with van der Waals surface area (Å²) in [6, 6.07) is 15.1. The minimum atomic E-state index is -0.763. The Morgan fingerprint density at radius 2 is 1.69 bits per heavy atom.